The van der Waals surface area contributed by atoms with Gasteiger partial charge in [-0.15, -0.1) is 0 Å². The van der Waals surface area contributed by atoms with Crippen LogP contribution in [-0.4, -0.2) is 44.1 Å². The molecule has 35 heavy (non-hydrogen) atoms. The highest BCUT2D eigenvalue weighted by Gasteiger charge is 2.26. The predicted molar refractivity (Wildman–Crippen MR) is 127 cm³/mol. The zero-order chi connectivity index (χ0) is 25.3. The van der Waals surface area contributed by atoms with Gasteiger partial charge in [-0.1, -0.05) is 11.2 Å². The molecule has 182 valence electrons. The fourth-order valence-corrected chi connectivity index (χ4v) is 3.48. The second-order valence-corrected chi connectivity index (χ2v) is 8.56. The molecule has 0 aliphatic heterocycles. The summed E-state index contributed by atoms with van der Waals surface area (Å²) in [6, 6.07) is 10.2. The molecule has 2 aromatic carbocycles. The number of rotatable bonds is 7. The van der Waals surface area contributed by atoms with E-state index in [0.717, 1.165) is 12.1 Å². The molecule has 0 amide bonds. The summed E-state index contributed by atoms with van der Waals surface area (Å²) in [5, 5.41) is 17.8. The topological polar surface area (TPSA) is 84.6 Å². The van der Waals surface area contributed by atoms with E-state index in [-0.39, 0.29) is 28.7 Å². The Morgan fingerprint density at radius 2 is 1.77 bits per heavy atom. The molecule has 4 aromatic rings. The Labute approximate surface area is 199 Å². The predicted octanol–water partition coefficient (Wildman–Crippen LogP) is 4.81. The van der Waals surface area contributed by atoms with Gasteiger partial charge in [0, 0.05) is 17.1 Å². The first-order chi connectivity index (χ1) is 16.6. The first-order valence-corrected chi connectivity index (χ1v) is 10.8. The molecular weight excluding hydrogens is 459 g/mol. The Kier molecular flexibility index (Phi) is 6.49. The van der Waals surface area contributed by atoms with Crippen LogP contribution in [0.3, 0.4) is 0 Å². The molecule has 1 atom stereocenters. The van der Waals surface area contributed by atoms with Crippen molar-refractivity contribution in [2.75, 3.05) is 12.4 Å². The average molecular weight is 483 g/mol. The molecular formula is C25H24F3N5O2. The van der Waals surface area contributed by atoms with E-state index in [0.29, 0.717) is 10.9 Å². The lowest BCUT2D eigenvalue weighted by Gasteiger charge is -2.26. The van der Waals surface area contributed by atoms with Crippen LogP contribution < -0.4 is 5.32 Å². The number of hydrogen-bond donors (Lipinski definition) is 2. The third-order valence-corrected chi connectivity index (χ3v) is 5.65. The summed E-state index contributed by atoms with van der Waals surface area (Å²) in [6.45, 7) is 5.02. The molecule has 4 rings (SSSR count). The van der Waals surface area contributed by atoms with Crippen molar-refractivity contribution in [3.05, 3.63) is 83.4 Å². The highest BCUT2D eigenvalue weighted by atomic mass is 19.1. The number of halogens is 3. The minimum atomic E-state index is -1.08. The van der Waals surface area contributed by atoms with Gasteiger partial charge in [0.1, 0.15) is 36.0 Å². The van der Waals surface area contributed by atoms with Crippen LogP contribution in [0.5, 0.6) is 0 Å². The highest BCUT2D eigenvalue weighted by molar-refractivity contribution is 6.14. The molecule has 0 aliphatic rings. The first kappa shape index (κ1) is 24.2. The number of nitrogens with zero attached hydrogens (tertiary/aromatic N) is 4. The maximum Gasteiger partial charge on any atom is 0.224 e. The van der Waals surface area contributed by atoms with Gasteiger partial charge in [0.15, 0.2) is 5.65 Å². The number of nitrogens with one attached hydrogen (secondary N) is 1. The standard InChI is InChI=1S/C25H24F3N5O2/c1-14(25(2,3)34)30-24-29-13-16-12-20(21(32-35-4)15-8-10-17(26)11-9-15)33(23(16)31-24)22-18(27)6-5-7-19(22)28/h5-14,34H,1-4H3,(H,29,30,31). The number of aliphatic hydroxyl groups is 1. The fraction of sp³-hybridized carbons (Fsp3) is 0.240. The first-order valence-electron chi connectivity index (χ1n) is 10.8. The minimum Gasteiger partial charge on any atom is -0.399 e. The monoisotopic (exact) mass is 483 g/mol. The number of benzene rings is 2. The molecule has 2 heterocycles. The summed E-state index contributed by atoms with van der Waals surface area (Å²) in [5.41, 5.74) is -0.355. The van der Waals surface area contributed by atoms with E-state index in [2.05, 4.69) is 20.4 Å². The molecule has 1 unspecified atom stereocenters. The normalized spacial score (nSPS) is 13.2. The van der Waals surface area contributed by atoms with Crippen molar-refractivity contribution < 1.29 is 23.1 Å². The lowest BCUT2D eigenvalue weighted by molar-refractivity contribution is 0.0646. The van der Waals surface area contributed by atoms with Gasteiger partial charge in [0.2, 0.25) is 5.95 Å². The van der Waals surface area contributed by atoms with Crippen LogP contribution in [0.1, 0.15) is 32.0 Å². The number of para-hydroxylation sites is 1. The van der Waals surface area contributed by atoms with Gasteiger partial charge in [-0.3, -0.25) is 4.57 Å². The summed E-state index contributed by atoms with van der Waals surface area (Å²) in [4.78, 5) is 13.8. The smallest absolute Gasteiger partial charge is 0.224 e. The number of aromatic nitrogens is 3. The molecule has 2 N–H and O–H groups in total. The summed E-state index contributed by atoms with van der Waals surface area (Å²) in [7, 11) is 1.33. The molecule has 0 fully saturated rings. The minimum absolute atomic E-state index is 0.154. The lowest BCUT2D eigenvalue weighted by atomic mass is 10.0. The van der Waals surface area contributed by atoms with Crippen molar-refractivity contribution in [2.45, 2.75) is 32.4 Å². The molecule has 10 heteroatoms. The maximum absolute atomic E-state index is 15.0. The highest BCUT2D eigenvalue weighted by Crippen LogP contribution is 2.29. The number of oxime groups is 1. The Morgan fingerprint density at radius 3 is 2.37 bits per heavy atom. The van der Waals surface area contributed by atoms with E-state index in [1.165, 1.54) is 48.2 Å². The zero-order valence-electron chi connectivity index (χ0n) is 19.6. The molecule has 2 aromatic heterocycles. The van der Waals surface area contributed by atoms with Gasteiger partial charge in [-0.2, -0.15) is 4.98 Å². The van der Waals surface area contributed by atoms with Crippen LogP contribution >= 0.6 is 0 Å². The molecule has 0 radical (unpaired) electrons. The second kappa shape index (κ2) is 9.38. The molecule has 0 spiro atoms. The molecule has 0 aliphatic carbocycles. The molecule has 7 nitrogen and oxygen atoms in total. The molecule has 0 saturated heterocycles. The van der Waals surface area contributed by atoms with Crippen molar-refractivity contribution in [1.82, 2.24) is 14.5 Å². The second-order valence-electron chi connectivity index (χ2n) is 8.56. The Balaban J connectivity index is 2.00. The van der Waals surface area contributed by atoms with Crippen LogP contribution in [0.25, 0.3) is 16.7 Å². The summed E-state index contributed by atoms with van der Waals surface area (Å²) >= 11 is 0. The SMILES string of the molecule is CON=C(c1ccc(F)cc1)c1cc2cnc(NC(C)C(C)(C)O)nc2n1-c1c(F)cccc1F. The molecule has 0 saturated carbocycles. The number of anilines is 1. The van der Waals surface area contributed by atoms with Crippen molar-refractivity contribution in [3.8, 4) is 5.69 Å². The van der Waals surface area contributed by atoms with E-state index in [4.69, 9.17) is 4.84 Å². The van der Waals surface area contributed by atoms with Crippen LogP contribution in [0.15, 0.2) is 59.9 Å². The molecule has 0 bridgehead atoms. The van der Waals surface area contributed by atoms with Gasteiger partial charge in [0.05, 0.1) is 17.3 Å². The lowest BCUT2D eigenvalue weighted by Crippen LogP contribution is -2.39. The van der Waals surface area contributed by atoms with Crippen molar-refractivity contribution in [3.63, 3.8) is 0 Å². The van der Waals surface area contributed by atoms with Crippen LogP contribution in [0, 0.1) is 17.5 Å². The summed E-state index contributed by atoms with van der Waals surface area (Å²) < 4.78 is 44.9. The average Bonchev–Trinajstić information content (AvgIpc) is 3.16. The Hall–Kier alpha value is -3.92. The summed E-state index contributed by atoms with van der Waals surface area (Å²) in [6.07, 6.45) is 1.50. The van der Waals surface area contributed by atoms with Crippen LogP contribution in [-0.2, 0) is 4.84 Å². The van der Waals surface area contributed by atoms with Gasteiger partial charge < -0.3 is 15.3 Å². The fourth-order valence-electron chi connectivity index (χ4n) is 3.48. The maximum atomic E-state index is 15.0. The zero-order valence-corrected chi connectivity index (χ0v) is 19.6. The van der Waals surface area contributed by atoms with Gasteiger partial charge >= 0.3 is 0 Å². The van der Waals surface area contributed by atoms with Crippen molar-refractivity contribution in [2.24, 2.45) is 5.16 Å². The van der Waals surface area contributed by atoms with Gasteiger partial charge in [0.25, 0.3) is 0 Å². The Morgan fingerprint density at radius 1 is 1.11 bits per heavy atom. The largest absolute Gasteiger partial charge is 0.399 e. The summed E-state index contributed by atoms with van der Waals surface area (Å²) in [5.74, 6) is -1.94. The third kappa shape index (κ3) is 4.83. The van der Waals surface area contributed by atoms with Gasteiger partial charge in [-0.25, -0.2) is 18.2 Å². The van der Waals surface area contributed by atoms with E-state index < -0.39 is 29.1 Å². The van der Waals surface area contributed by atoms with Crippen molar-refractivity contribution in [1.29, 1.82) is 0 Å². The van der Waals surface area contributed by atoms with Crippen molar-refractivity contribution >= 4 is 22.7 Å². The van der Waals surface area contributed by atoms with E-state index in [1.807, 2.05) is 0 Å². The van der Waals surface area contributed by atoms with E-state index in [1.54, 1.807) is 26.8 Å². The van der Waals surface area contributed by atoms with E-state index >= 15 is 8.78 Å². The third-order valence-electron chi connectivity index (χ3n) is 5.65. The quantitative estimate of drug-likeness (QED) is 0.291. The van der Waals surface area contributed by atoms with Gasteiger partial charge in [-0.05, 0) is 63.2 Å². The Bertz CT molecular complexity index is 1370. The van der Waals surface area contributed by atoms with Crippen LogP contribution in [0.2, 0.25) is 0 Å². The van der Waals surface area contributed by atoms with E-state index in [9.17, 15) is 9.50 Å². The number of hydrogen-bond acceptors (Lipinski definition) is 6. The number of fused-ring (bicyclic) bond motifs is 1. The van der Waals surface area contributed by atoms with Crippen LogP contribution in [0.4, 0.5) is 19.1 Å².